The van der Waals surface area contributed by atoms with Gasteiger partial charge in [0.25, 0.3) is 10.0 Å². The van der Waals surface area contributed by atoms with Gasteiger partial charge in [-0.3, -0.25) is 0 Å². The van der Waals surface area contributed by atoms with Crippen molar-refractivity contribution in [2.45, 2.75) is 44.6 Å². The highest BCUT2D eigenvalue weighted by Crippen LogP contribution is 2.28. The van der Waals surface area contributed by atoms with Crippen molar-refractivity contribution < 1.29 is 17.9 Å². The SMILES string of the molecule is COC(=O)c1cccc(S(=O)(=O)Nc2nc(CCC(C)N)cc(-c3c(C)cccc3C)n2)c1. The fraction of sp³-hybridized carbons (Fsp3) is 0.292. The van der Waals surface area contributed by atoms with Crippen LogP contribution in [0.5, 0.6) is 0 Å². The molecular weight excluding hydrogens is 440 g/mol. The number of benzene rings is 2. The first kappa shape index (κ1) is 24.3. The molecule has 2 aromatic carbocycles. The Labute approximate surface area is 194 Å². The number of nitrogens with two attached hydrogens (primary N) is 1. The lowest BCUT2D eigenvalue weighted by molar-refractivity contribution is 0.0600. The molecule has 1 unspecified atom stereocenters. The van der Waals surface area contributed by atoms with E-state index in [1.54, 1.807) is 0 Å². The molecule has 0 saturated carbocycles. The largest absolute Gasteiger partial charge is 0.465 e. The lowest BCUT2D eigenvalue weighted by atomic mass is 9.99. The second kappa shape index (κ2) is 10.1. The molecule has 1 aromatic heterocycles. The Kier molecular flexibility index (Phi) is 7.45. The zero-order valence-corrected chi connectivity index (χ0v) is 19.9. The summed E-state index contributed by atoms with van der Waals surface area (Å²) < 4.78 is 33.3. The van der Waals surface area contributed by atoms with Gasteiger partial charge in [0.2, 0.25) is 5.95 Å². The molecule has 33 heavy (non-hydrogen) atoms. The van der Waals surface area contributed by atoms with E-state index in [2.05, 4.69) is 19.4 Å². The Morgan fingerprint density at radius 2 is 1.76 bits per heavy atom. The molecule has 174 valence electrons. The summed E-state index contributed by atoms with van der Waals surface area (Å²) in [6.45, 7) is 5.87. The van der Waals surface area contributed by atoms with Gasteiger partial charge in [-0.1, -0.05) is 24.3 Å². The number of anilines is 1. The molecule has 0 radical (unpaired) electrons. The normalized spacial score (nSPS) is 12.3. The first-order valence-electron chi connectivity index (χ1n) is 10.5. The average Bonchev–Trinajstić information content (AvgIpc) is 2.76. The zero-order chi connectivity index (χ0) is 24.2. The molecule has 8 nitrogen and oxygen atoms in total. The van der Waals surface area contributed by atoms with Crippen LogP contribution in [0.2, 0.25) is 0 Å². The maximum Gasteiger partial charge on any atom is 0.337 e. The lowest BCUT2D eigenvalue weighted by Gasteiger charge is -2.14. The molecule has 0 bridgehead atoms. The van der Waals surface area contributed by atoms with E-state index in [0.717, 1.165) is 16.7 Å². The van der Waals surface area contributed by atoms with Crippen LogP contribution < -0.4 is 10.5 Å². The molecule has 0 spiro atoms. The summed E-state index contributed by atoms with van der Waals surface area (Å²) in [7, 11) is -2.82. The van der Waals surface area contributed by atoms with E-state index in [1.807, 2.05) is 45.0 Å². The predicted molar refractivity (Wildman–Crippen MR) is 128 cm³/mol. The standard InChI is InChI=1S/C24H28N4O4S/c1-15-7-5-8-16(2)22(15)21-14-19(12-11-17(3)25)26-24(27-21)28-33(30,31)20-10-6-9-18(13-20)23(29)32-4/h5-10,13-14,17H,11-12,25H2,1-4H3,(H,26,27,28). The topological polar surface area (TPSA) is 124 Å². The smallest absolute Gasteiger partial charge is 0.337 e. The van der Waals surface area contributed by atoms with Crippen LogP contribution in [0.25, 0.3) is 11.3 Å². The van der Waals surface area contributed by atoms with E-state index in [1.165, 1.54) is 31.4 Å². The Balaban J connectivity index is 2.04. The molecule has 0 fully saturated rings. The van der Waals surface area contributed by atoms with Gasteiger partial charge < -0.3 is 10.5 Å². The van der Waals surface area contributed by atoms with Gasteiger partial charge in [0, 0.05) is 17.3 Å². The summed E-state index contributed by atoms with van der Waals surface area (Å²) in [5.41, 5.74) is 10.3. The Hall–Kier alpha value is -3.30. The highest BCUT2D eigenvalue weighted by molar-refractivity contribution is 7.92. The van der Waals surface area contributed by atoms with Crippen molar-refractivity contribution in [1.82, 2.24) is 9.97 Å². The Morgan fingerprint density at radius 3 is 2.39 bits per heavy atom. The van der Waals surface area contributed by atoms with Gasteiger partial charge in [-0.05, 0) is 69.0 Å². The summed E-state index contributed by atoms with van der Waals surface area (Å²) in [4.78, 5) is 20.7. The lowest BCUT2D eigenvalue weighted by Crippen LogP contribution is -2.18. The van der Waals surface area contributed by atoms with Crippen molar-refractivity contribution >= 4 is 21.9 Å². The third-order valence-corrected chi connectivity index (χ3v) is 6.49. The molecule has 0 saturated heterocycles. The number of sulfonamides is 1. The molecule has 0 amide bonds. The van der Waals surface area contributed by atoms with Crippen molar-refractivity contribution in [2.75, 3.05) is 11.8 Å². The average molecular weight is 469 g/mol. The molecule has 3 rings (SSSR count). The maximum absolute atomic E-state index is 13.1. The summed E-state index contributed by atoms with van der Waals surface area (Å²) in [6.07, 6.45) is 1.27. The minimum absolute atomic E-state index is 0.0233. The van der Waals surface area contributed by atoms with Crippen LogP contribution >= 0.6 is 0 Å². The Bertz CT molecular complexity index is 1250. The highest BCUT2D eigenvalue weighted by Gasteiger charge is 2.20. The minimum Gasteiger partial charge on any atom is -0.465 e. The molecule has 1 atom stereocenters. The number of nitrogens with zero attached hydrogens (tertiary/aromatic N) is 2. The number of aryl methyl sites for hydroxylation is 3. The molecule has 0 aliphatic carbocycles. The molecule has 9 heteroatoms. The first-order chi connectivity index (χ1) is 15.6. The van der Waals surface area contributed by atoms with Crippen LogP contribution in [0.1, 0.15) is 40.5 Å². The number of aromatic nitrogens is 2. The summed E-state index contributed by atoms with van der Waals surface area (Å²) in [6, 6.07) is 13.4. The third kappa shape index (κ3) is 5.94. The monoisotopic (exact) mass is 468 g/mol. The molecule has 3 N–H and O–H groups in total. The fourth-order valence-corrected chi connectivity index (χ4v) is 4.47. The van der Waals surface area contributed by atoms with Crippen molar-refractivity contribution in [3.63, 3.8) is 0 Å². The number of esters is 1. The van der Waals surface area contributed by atoms with Crippen LogP contribution in [0.3, 0.4) is 0 Å². The summed E-state index contributed by atoms with van der Waals surface area (Å²) in [5.74, 6) is -0.670. The van der Waals surface area contributed by atoms with E-state index in [9.17, 15) is 13.2 Å². The first-order valence-corrected chi connectivity index (χ1v) is 12.0. The van der Waals surface area contributed by atoms with Gasteiger partial charge in [0.1, 0.15) is 0 Å². The quantitative estimate of drug-likeness (QED) is 0.484. The number of rotatable bonds is 8. The van der Waals surface area contributed by atoms with Gasteiger partial charge in [-0.25, -0.2) is 27.9 Å². The molecule has 0 aliphatic rings. The number of ether oxygens (including phenoxy) is 1. The van der Waals surface area contributed by atoms with Crippen molar-refractivity contribution in [3.8, 4) is 11.3 Å². The summed E-state index contributed by atoms with van der Waals surface area (Å²) >= 11 is 0. The van der Waals surface area contributed by atoms with Crippen LogP contribution in [-0.4, -0.2) is 37.5 Å². The van der Waals surface area contributed by atoms with Crippen molar-refractivity contribution in [2.24, 2.45) is 5.73 Å². The number of nitrogens with one attached hydrogen (secondary N) is 1. The van der Waals surface area contributed by atoms with Crippen molar-refractivity contribution in [3.05, 3.63) is 70.9 Å². The summed E-state index contributed by atoms with van der Waals surface area (Å²) in [5, 5.41) is 0. The van der Waals surface area contributed by atoms with E-state index in [0.29, 0.717) is 24.2 Å². The minimum atomic E-state index is -4.05. The van der Waals surface area contributed by atoms with E-state index < -0.39 is 16.0 Å². The second-order valence-corrected chi connectivity index (χ2v) is 9.66. The van der Waals surface area contributed by atoms with Crippen LogP contribution in [-0.2, 0) is 21.2 Å². The van der Waals surface area contributed by atoms with E-state index in [-0.39, 0.29) is 22.4 Å². The predicted octanol–water partition coefficient (Wildman–Crippen LogP) is 3.63. The van der Waals surface area contributed by atoms with Gasteiger partial charge in [0.15, 0.2) is 0 Å². The Morgan fingerprint density at radius 1 is 1.09 bits per heavy atom. The highest BCUT2D eigenvalue weighted by atomic mass is 32.2. The fourth-order valence-electron chi connectivity index (χ4n) is 3.48. The number of hydrogen-bond donors (Lipinski definition) is 2. The zero-order valence-electron chi connectivity index (χ0n) is 19.1. The van der Waals surface area contributed by atoms with Gasteiger partial charge >= 0.3 is 5.97 Å². The molecular formula is C24H28N4O4S. The van der Waals surface area contributed by atoms with E-state index in [4.69, 9.17) is 5.73 Å². The number of carbonyl (C=O) groups excluding carboxylic acids is 1. The van der Waals surface area contributed by atoms with E-state index >= 15 is 0 Å². The number of carbonyl (C=O) groups is 1. The van der Waals surface area contributed by atoms with Crippen molar-refractivity contribution in [1.29, 1.82) is 0 Å². The van der Waals surface area contributed by atoms with Gasteiger partial charge in [-0.2, -0.15) is 0 Å². The molecule has 0 aliphatic heterocycles. The van der Waals surface area contributed by atoms with Crippen LogP contribution in [0.15, 0.2) is 53.4 Å². The molecule has 1 heterocycles. The number of hydrogen-bond acceptors (Lipinski definition) is 7. The second-order valence-electron chi connectivity index (χ2n) is 7.98. The van der Waals surface area contributed by atoms with Crippen LogP contribution in [0, 0.1) is 13.8 Å². The molecule has 3 aromatic rings. The van der Waals surface area contributed by atoms with Crippen LogP contribution in [0.4, 0.5) is 5.95 Å². The number of methoxy groups -OCH3 is 1. The van der Waals surface area contributed by atoms with Gasteiger partial charge in [0.05, 0.1) is 23.3 Å². The third-order valence-electron chi connectivity index (χ3n) is 5.16. The van der Waals surface area contributed by atoms with Gasteiger partial charge in [-0.15, -0.1) is 0 Å². The maximum atomic E-state index is 13.1.